The monoisotopic (exact) mass is 241 g/mol. The van der Waals surface area contributed by atoms with E-state index in [-0.39, 0.29) is 11.3 Å². The van der Waals surface area contributed by atoms with E-state index in [0.717, 1.165) is 29.3 Å². The molecule has 0 N–H and O–H groups in total. The molecule has 1 aliphatic heterocycles. The summed E-state index contributed by atoms with van der Waals surface area (Å²) in [4.78, 5) is 15.7. The molecule has 15 heavy (non-hydrogen) atoms. The first-order chi connectivity index (χ1) is 6.98. The van der Waals surface area contributed by atoms with E-state index in [1.54, 1.807) is 0 Å². The number of thiol groups is 1. The Morgan fingerprint density at radius 1 is 1.60 bits per heavy atom. The van der Waals surface area contributed by atoms with Crippen molar-refractivity contribution >= 4 is 29.9 Å². The van der Waals surface area contributed by atoms with Crippen molar-refractivity contribution in [3.05, 3.63) is 16.3 Å². The smallest absolute Gasteiger partial charge is 0.263 e. The van der Waals surface area contributed by atoms with Crippen LogP contribution in [-0.2, 0) is 0 Å². The van der Waals surface area contributed by atoms with Crippen molar-refractivity contribution in [1.29, 1.82) is 0 Å². The van der Waals surface area contributed by atoms with Gasteiger partial charge in [0.2, 0.25) is 0 Å². The van der Waals surface area contributed by atoms with Crippen LogP contribution in [0.2, 0.25) is 0 Å². The highest BCUT2D eigenvalue weighted by Crippen LogP contribution is 2.30. The highest BCUT2D eigenvalue weighted by atomic mass is 32.1. The molecule has 0 radical (unpaired) electrons. The molecule has 4 heteroatoms. The Labute approximate surface area is 99.7 Å². The van der Waals surface area contributed by atoms with Gasteiger partial charge in [0.05, 0.1) is 4.88 Å². The summed E-state index contributed by atoms with van der Waals surface area (Å²) in [6, 6.07) is 1.85. The molecule has 0 unspecified atom stereocenters. The van der Waals surface area contributed by atoms with Gasteiger partial charge in [-0.3, -0.25) is 4.79 Å². The fourth-order valence-corrected chi connectivity index (χ4v) is 3.00. The molecule has 1 aliphatic rings. The largest absolute Gasteiger partial charge is 0.337 e. The topological polar surface area (TPSA) is 20.3 Å². The van der Waals surface area contributed by atoms with Crippen molar-refractivity contribution in [2.24, 2.45) is 5.41 Å². The zero-order chi connectivity index (χ0) is 11.1. The van der Waals surface area contributed by atoms with Gasteiger partial charge < -0.3 is 4.90 Å². The third-order valence-electron chi connectivity index (χ3n) is 2.76. The predicted octanol–water partition coefficient (Wildman–Crippen LogP) is 2.91. The minimum Gasteiger partial charge on any atom is -0.337 e. The lowest BCUT2D eigenvalue weighted by Crippen LogP contribution is -2.29. The quantitative estimate of drug-likeness (QED) is 0.750. The molecular weight excluding hydrogens is 226 g/mol. The number of hydrogen-bond donors (Lipinski definition) is 1. The second-order valence-corrected chi connectivity index (χ2v) is 6.24. The molecule has 0 atom stereocenters. The van der Waals surface area contributed by atoms with Gasteiger partial charge in [0.15, 0.2) is 0 Å². The van der Waals surface area contributed by atoms with Gasteiger partial charge in [-0.2, -0.15) is 0 Å². The Morgan fingerprint density at radius 2 is 2.33 bits per heavy atom. The van der Waals surface area contributed by atoms with Gasteiger partial charge in [0, 0.05) is 23.4 Å². The Kier molecular flexibility index (Phi) is 2.81. The molecule has 2 rings (SSSR count). The lowest BCUT2D eigenvalue weighted by molar-refractivity contribution is 0.0783. The summed E-state index contributed by atoms with van der Waals surface area (Å²) >= 11 is 5.69. The average molecular weight is 241 g/mol. The molecular formula is C11H15NOS2. The Morgan fingerprint density at radius 3 is 2.80 bits per heavy atom. The van der Waals surface area contributed by atoms with E-state index in [4.69, 9.17) is 0 Å². The van der Waals surface area contributed by atoms with Gasteiger partial charge in [-0.15, -0.1) is 24.0 Å². The highest BCUT2D eigenvalue weighted by molar-refractivity contribution is 7.80. The fourth-order valence-electron chi connectivity index (χ4n) is 1.88. The van der Waals surface area contributed by atoms with E-state index in [2.05, 4.69) is 26.5 Å². The van der Waals surface area contributed by atoms with Crippen LogP contribution in [0.25, 0.3) is 0 Å². The number of likely N-dealkylation sites (tertiary alicyclic amines) is 1. The standard InChI is InChI=1S/C11H15NOS2/c1-11(2)3-4-12(7-11)10(13)9-5-8(14)6-15-9/h5-6,14H,3-4,7H2,1-2H3. The molecule has 2 heterocycles. The van der Waals surface area contributed by atoms with Crippen molar-refractivity contribution in [3.63, 3.8) is 0 Å². The Hall–Kier alpha value is -0.480. The van der Waals surface area contributed by atoms with Crippen LogP contribution < -0.4 is 0 Å². The van der Waals surface area contributed by atoms with E-state index < -0.39 is 0 Å². The summed E-state index contributed by atoms with van der Waals surface area (Å²) in [6.07, 6.45) is 1.10. The Bertz CT molecular complexity index is 384. The van der Waals surface area contributed by atoms with Crippen molar-refractivity contribution in [2.75, 3.05) is 13.1 Å². The van der Waals surface area contributed by atoms with Crippen LogP contribution in [0.3, 0.4) is 0 Å². The van der Waals surface area contributed by atoms with Gasteiger partial charge in [-0.1, -0.05) is 13.8 Å². The summed E-state index contributed by atoms with van der Waals surface area (Å²) in [5.74, 6) is 0.158. The summed E-state index contributed by atoms with van der Waals surface area (Å²) in [7, 11) is 0. The van der Waals surface area contributed by atoms with Crippen LogP contribution in [0.1, 0.15) is 29.9 Å². The van der Waals surface area contributed by atoms with Gasteiger partial charge in [-0.25, -0.2) is 0 Å². The molecule has 82 valence electrons. The maximum absolute atomic E-state index is 12.1. The molecule has 0 spiro atoms. The molecule has 0 aliphatic carbocycles. The van der Waals surface area contributed by atoms with Crippen LogP contribution in [-0.4, -0.2) is 23.9 Å². The minimum atomic E-state index is 0.158. The second kappa shape index (κ2) is 3.83. The lowest BCUT2D eigenvalue weighted by atomic mass is 9.93. The molecule has 1 fully saturated rings. The zero-order valence-electron chi connectivity index (χ0n) is 8.99. The van der Waals surface area contributed by atoms with Crippen molar-refractivity contribution in [3.8, 4) is 0 Å². The number of nitrogens with zero attached hydrogens (tertiary/aromatic N) is 1. The van der Waals surface area contributed by atoms with Crippen molar-refractivity contribution in [2.45, 2.75) is 25.2 Å². The van der Waals surface area contributed by atoms with E-state index in [1.807, 2.05) is 16.3 Å². The van der Waals surface area contributed by atoms with E-state index >= 15 is 0 Å². The van der Waals surface area contributed by atoms with Crippen LogP contribution in [0.5, 0.6) is 0 Å². The second-order valence-electron chi connectivity index (χ2n) is 4.81. The third-order valence-corrected chi connectivity index (χ3v) is 4.11. The number of carbonyl (C=O) groups excluding carboxylic acids is 1. The van der Waals surface area contributed by atoms with Crippen molar-refractivity contribution in [1.82, 2.24) is 4.90 Å². The Balaban J connectivity index is 2.10. The molecule has 0 bridgehead atoms. The number of carbonyl (C=O) groups is 1. The third kappa shape index (κ3) is 2.37. The van der Waals surface area contributed by atoms with Crippen LogP contribution in [0.15, 0.2) is 16.3 Å². The van der Waals surface area contributed by atoms with Gasteiger partial charge in [0.25, 0.3) is 5.91 Å². The maximum atomic E-state index is 12.1. The number of hydrogen-bond acceptors (Lipinski definition) is 3. The summed E-state index contributed by atoms with van der Waals surface area (Å²) in [5.41, 5.74) is 0.275. The highest BCUT2D eigenvalue weighted by Gasteiger charge is 2.32. The summed E-state index contributed by atoms with van der Waals surface area (Å²) in [5, 5.41) is 1.90. The van der Waals surface area contributed by atoms with Crippen LogP contribution >= 0.6 is 24.0 Å². The van der Waals surface area contributed by atoms with Gasteiger partial charge in [0.1, 0.15) is 0 Å². The average Bonchev–Trinajstić information content (AvgIpc) is 2.71. The summed E-state index contributed by atoms with van der Waals surface area (Å²) < 4.78 is 0. The SMILES string of the molecule is CC1(C)CCN(C(=O)c2cc(S)cs2)C1. The first kappa shape index (κ1) is 11.0. The van der Waals surface area contributed by atoms with Gasteiger partial charge in [-0.05, 0) is 17.9 Å². The molecule has 1 saturated heterocycles. The normalized spacial score (nSPS) is 19.5. The molecule has 0 saturated carbocycles. The molecule has 1 aromatic heterocycles. The van der Waals surface area contributed by atoms with E-state index in [1.165, 1.54) is 11.3 Å². The first-order valence-electron chi connectivity index (χ1n) is 5.05. The van der Waals surface area contributed by atoms with Crippen LogP contribution in [0.4, 0.5) is 0 Å². The van der Waals surface area contributed by atoms with Crippen LogP contribution in [0, 0.1) is 5.41 Å². The number of amides is 1. The van der Waals surface area contributed by atoms with Crippen molar-refractivity contribution < 1.29 is 4.79 Å². The molecule has 1 amide bonds. The van der Waals surface area contributed by atoms with E-state index in [0.29, 0.717) is 0 Å². The zero-order valence-corrected chi connectivity index (χ0v) is 10.7. The predicted molar refractivity (Wildman–Crippen MR) is 65.9 cm³/mol. The molecule has 0 aromatic carbocycles. The summed E-state index contributed by atoms with van der Waals surface area (Å²) in [6.45, 7) is 6.16. The number of rotatable bonds is 1. The lowest BCUT2D eigenvalue weighted by Gasteiger charge is -2.19. The number of thiophene rings is 1. The molecule has 1 aromatic rings. The molecule has 2 nitrogen and oxygen atoms in total. The van der Waals surface area contributed by atoms with E-state index in [9.17, 15) is 4.79 Å². The minimum absolute atomic E-state index is 0.158. The fraction of sp³-hybridized carbons (Fsp3) is 0.545. The first-order valence-corrected chi connectivity index (χ1v) is 6.37. The maximum Gasteiger partial charge on any atom is 0.263 e. The van der Waals surface area contributed by atoms with Gasteiger partial charge >= 0.3 is 0 Å².